The van der Waals surface area contributed by atoms with Crippen LogP contribution in [0.2, 0.25) is 0 Å². The smallest absolute Gasteiger partial charge is 0.157 e. The minimum atomic E-state index is -0.482. The quantitative estimate of drug-likeness (QED) is 0.841. The Morgan fingerprint density at radius 2 is 1.88 bits per heavy atom. The number of carbonyl (C=O) groups excluding carboxylic acids is 1. The van der Waals surface area contributed by atoms with Crippen molar-refractivity contribution < 1.29 is 9.53 Å². The van der Waals surface area contributed by atoms with Gasteiger partial charge in [-0.15, -0.1) is 0 Å². The van der Waals surface area contributed by atoms with E-state index in [0.29, 0.717) is 13.2 Å². The third-order valence-electron chi connectivity index (χ3n) is 3.09. The molecule has 0 spiro atoms. The third kappa shape index (κ3) is 2.49. The molecule has 2 N–H and O–H groups in total. The molecule has 86 valence electrons. The van der Waals surface area contributed by atoms with Crippen LogP contribution in [0.25, 0.3) is 0 Å². The number of Topliss-reactive ketones (excluding diaryl/α,β-unsaturated/α-hetero) is 1. The largest absolute Gasteiger partial charge is 0.381 e. The first-order chi connectivity index (χ1) is 7.79. The van der Waals surface area contributed by atoms with Gasteiger partial charge in [-0.2, -0.15) is 0 Å². The Balaban J connectivity index is 2.04. The second-order valence-corrected chi connectivity index (χ2v) is 4.18. The van der Waals surface area contributed by atoms with Gasteiger partial charge in [0.25, 0.3) is 0 Å². The van der Waals surface area contributed by atoms with Crippen LogP contribution < -0.4 is 5.73 Å². The number of ketones is 1. The summed E-state index contributed by atoms with van der Waals surface area (Å²) in [7, 11) is 0. The molecule has 1 aliphatic heterocycles. The van der Waals surface area contributed by atoms with Crippen LogP contribution in [0.15, 0.2) is 30.3 Å². The fourth-order valence-corrected chi connectivity index (χ4v) is 2.06. The second kappa shape index (κ2) is 5.23. The van der Waals surface area contributed by atoms with Gasteiger partial charge in [0.2, 0.25) is 0 Å². The van der Waals surface area contributed by atoms with E-state index in [9.17, 15) is 4.79 Å². The Morgan fingerprint density at radius 1 is 1.25 bits per heavy atom. The first-order valence-corrected chi connectivity index (χ1v) is 5.71. The number of hydrogen-bond donors (Lipinski definition) is 1. The van der Waals surface area contributed by atoms with E-state index in [2.05, 4.69) is 0 Å². The van der Waals surface area contributed by atoms with E-state index in [1.807, 2.05) is 30.3 Å². The summed E-state index contributed by atoms with van der Waals surface area (Å²) in [6, 6.07) is 9.07. The molecule has 0 aliphatic carbocycles. The minimum absolute atomic E-state index is 0.0731. The third-order valence-corrected chi connectivity index (χ3v) is 3.09. The van der Waals surface area contributed by atoms with Crippen molar-refractivity contribution in [2.24, 2.45) is 11.7 Å². The van der Waals surface area contributed by atoms with Crippen molar-refractivity contribution in [3.63, 3.8) is 0 Å². The van der Waals surface area contributed by atoms with Crippen molar-refractivity contribution in [3.8, 4) is 0 Å². The van der Waals surface area contributed by atoms with Crippen molar-refractivity contribution in [3.05, 3.63) is 35.9 Å². The molecule has 0 radical (unpaired) electrons. The number of benzene rings is 1. The molecular formula is C13H17NO2. The maximum atomic E-state index is 12.1. The van der Waals surface area contributed by atoms with E-state index in [1.54, 1.807) is 0 Å². The van der Waals surface area contributed by atoms with Gasteiger partial charge in [0.15, 0.2) is 5.78 Å². The Morgan fingerprint density at radius 3 is 2.50 bits per heavy atom. The van der Waals surface area contributed by atoms with Gasteiger partial charge in [-0.05, 0) is 18.4 Å². The fraction of sp³-hybridized carbons (Fsp3) is 0.462. The second-order valence-electron chi connectivity index (χ2n) is 4.18. The van der Waals surface area contributed by atoms with Crippen LogP contribution >= 0.6 is 0 Å². The summed E-state index contributed by atoms with van der Waals surface area (Å²) >= 11 is 0. The SMILES string of the molecule is N[C@@H](C(=O)C1CCOCC1)c1ccccc1. The van der Waals surface area contributed by atoms with Gasteiger partial charge < -0.3 is 10.5 Å². The predicted octanol–water partition coefficient (Wildman–Crippen LogP) is 1.68. The number of rotatable bonds is 3. The maximum absolute atomic E-state index is 12.1. The molecule has 1 aromatic rings. The van der Waals surface area contributed by atoms with Crippen molar-refractivity contribution >= 4 is 5.78 Å². The van der Waals surface area contributed by atoms with Gasteiger partial charge >= 0.3 is 0 Å². The van der Waals surface area contributed by atoms with E-state index < -0.39 is 6.04 Å². The summed E-state index contributed by atoms with van der Waals surface area (Å²) in [6.45, 7) is 1.36. The molecule has 0 amide bonds. The summed E-state index contributed by atoms with van der Waals surface area (Å²) in [5.74, 6) is 0.221. The lowest BCUT2D eigenvalue weighted by Gasteiger charge is -2.23. The number of hydrogen-bond acceptors (Lipinski definition) is 3. The number of carbonyl (C=O) groups is 1. The number of ether oxygens (including phenoxy) is 1. The highest BCUT2D eigenvalue weighted by atomic mass is 16.5. The molecule has 0 unspecified atom stereocenters. The summed E-state index contributed by atoms with van der Waals surface area (Å²) in [5, 5.41) is 0. The summed E-state index contributed by atoms with van der Waals surface area (Å²) in [5.41, 5.74) is 6.88. The molecular weight excluding hydrogens is 202 g/mol. The van der Waals surface area contributed by atoms with Crippen LogP contribution in [0.1, 0.15) is 24.4 Å². The molecule has 3 nitrogen and oxygen atoms in total. The summed E-state index contributed by atoms with van der Waals surface area (Å²) in [6.07, 6.45) is 1.61. The predicted molar refractivity (Wildman–Crippen MR) is 61.9 cm³/mol. The Labute approximate surface area is 95.6 Å². The maximum Gasteiger partial charge on any atom is 0.157 e. The molecule has 2 rings (SSSR count). The van der Waals surface area contributed by atoms with E-state index in [0.717, 1.165) is 18.4 Å². The number of nitrogens with two attached hydrogens (primary N) is 1. The average Bonchev–Trinajstić information content (AvgIpc) is 2.39. The topological polar surface area (TPSA) is 52.3 Å². The standard InChI is InChI=1S/C13H17NO2/c14-12(10-4-2-1-3-5-10)13(15)11-6-8-16-9-7-11/h1-5,11-12H,6-9,14H2/t12-/m1/s1. The Kier molecular flexibility index (Phi) is 3.70. The lowest BCUT2D eigenvalue weighted by Crippen LogP contribution is -2.31. The van der Waals surface area contributed by atoms with Gasteiger partial charge in [0, 0.05) is 19.1 Å². The molecule has 1 atom stereocenters. The van der Waals surface area contributed by atoms with E-state index in [1.165, 1.54) is 0 Å². The summed E-state index contributed by atoms with van der Waals surface area (Å²) < 4.78 is 5.24. The first-order valence-electron chi connectivity index (χ1n) is 5.71. The van der Waals surface area contributed by atoms with E-state index in [-0.39, 0.29) is 11.7 Å². The first kappa shape index (κ1) is 11.3. The summed E-state index contributed by atoms with van der Waals surface area (Å²) in [4.78, 5) is 12.1. The Hall–Kier alpha value is -1.19. The minimum Gasteiger partial charge on any atom is -0.381 e. The zero-order valence-corrected chi connectivity index (χ0v) is 9.26. The molecule has 1 aliphatic rings. The zero-order chi connectivity index (χ0) is 11.4. The van der Waals surface area contributed by atoms with E-state index >= 15 is 0 Å². The highest BCUT2D eigenvalue weighted by molar-refractivity contribution is 5.87. The molecule has 0 aromatic heterocycles. The molecule has 1 saturated heterocycles. The Bertz CT molecular complexity index is 344. The van der Waals surface area contributed by atoms with Gasteiger partial charge in [-0.1, -0.05) is 30.3 Å². The highest BCUT2D eigenvalue weighted by Gasteiger charge is 2.26. The lowest BCUT2D eigenvalue weighted by atomic mass is 9.88. The molecule has 3 heteroatoms. The monoisotopic (exact) mass is 219 g/mol. The molecule has 1 heterocycles. The normalized spacial score (nSPS) is 19.3. The molecule has 1 aromatic carbocycles. The van der Waals surface area contributed by atoms with Crippen LogP contribution in [-0.4, -0.2) is 19.0 Å². The molecule has 1 fully saturated rings. The van der Waals surface area contributed by atoms with Crippen molar-refractivity contribution in [1.29, 1.82) is 0 Å². The van der Waals surface area contributed by atoms with Crippen molar-refractivity contribution in [1.82, 2.24) is 0 Å². The lowest BCUT2D eigenvalue weighted by molar-refractivity contribution is -0.127. The fourth-order valence-electron chi connectivity index (χ4n) is 2.06. The van der Waals surface area contributed by atoms with Crippen LogP contribution in [0.3, 0.4) is 0 Å². The van der Waals surface area contributed by atoms with Crippen molar-refractivity contribution in [2.45, 2.75) is 18.9 Å². The van der Waals surface area contributed by atoms with Crippen LogP contribution in [0.4, 0.5) is 0 Å². The van der Waals surface area contributed by atoms with E-state index in [4.69, 9.17) is 10.5 Å². The molecule has 0 bridgehead atoms. The van der Waals surface area contributed by atoms with Crippen LogP contribution in [-0.2, 0) is 9.53 Å². The van der Waals surface area contributed by atoms with Crippen molar-refractivity contribution in [2.75, 3.05) is 13.2 Å². The zero-order valence-electron chi connectivity index (χ0n) is 9.26. The van der Waals surface area contributed by atoms with Gasteiger partial charge in [0.05, 0.1) is 6.04 Å². The van der Waals surface area contributed by atoms with Crippen LogP contribution in [0.5, 0.6) is 0 Å². The molecule has 16 heavy (non-hydrogen) atoms. The highest BCUT2D eigenvalue weighted by Crippen LogP contribution is 2.22. The van der Waals surface area contributed by atoms with Gasteiger partial charge in [-0.3, -0.25) is 4.79 Å². The van der Waals surface area contributed by atoms with Gasteiger partial charge in [-0.25, -0.2) is 0 Å². The van der Waals surface area contributed by atoms with Crippen LogP contribution in [0, 0.1) is 5.92 Å². The molecule has 0 saturated carbocycles. The average molecular weight is 219 g/mol. The van der Waals surface area contributed by atoms with Gasteiger partial charge in [0.1, 0.15) is 0 Å².